The van der Waals surface area contributed by atoms with E-state index < -0.39 is 0 Å². The van der Waals surface area contributed by atoms with E-state index in [4.69, 9.17) is 9.47 Å². The van der Waals surface area contributed by atoms with Crippen molar-refractivity contribution in [2.45, 2.75) is 38.9 Å². The lowest BCUT2D eigenvalue weighted by atomic mass is 9.58. The summed E-state index contributed by atoms with van der Waals surface area (Å²) >= 11 is 0. The van der Waals surface area contributed by atoms with Crippen molar-refractivity contribution in [2.24, 2.45) is 11.3 Å². The second-order valence-electron chi connectivity index (χ2n) is 11.2. The standard InChI is InChI=1S/C34H35FN2O3/c35-30-19-28(11-13-31(30)37-17-15-34(16-18-37)20-27(21-34)22-38)29-12-14-32(39-23-25-7-3-1-4-8-25)36-33(29)40-24-26-9-5-2-6-10-26/h1-14,19,27,38H,15-18,20-24H2. The third-order valence-corrected chi connectivity index (χ3v) is 8.41. The molecule has 206 valence electrons. The minimum absolute atomic E-state index is 0.242. The van der Waals surface area contributed by atoms with Crippen molar-refractivity contribution in [1.29, 1.82) is 0 Å². The summed E-state index contributed by atoms with van der Waals surface area (Å²) in [7, 11) is 0. The molecule has 40 heavy (non-hydrogen) atoms. The van der Waals surface area contributed by atoms with Crippen molar-refractivity contribution in [1.82, 2.24) is 4.98 Å². The highest BCUT2D eigenvalue weighted by Crippen LogP contribution is 2.52. The van der Waals surface area contributed by atoms with Crippen LogP contribution in [0.5, 0.6) is 11.8 Å². The van der Waals surface area contributed by atoms with Gasteiger partial charge in [-0.05, 0) is 71.9 Å². The summed E-state index contributed by atoms with van der Waals surface area (Å²) in [4.78, 5) is 6.83. The molecule has 1 aliphatic carbocycles. The molecule has 1 spiro atoms. The Bertz CT molecular complexity index is 1410. The Balaban J connectivity index is 1.20. The summed E-state index contributed by atoms with van der Waals surface area (Å²) in [6, 6.07) is 29.0. The number of aliphatic hydroxyl groups is 1. The molecule has 0 unspecified atom stereocenters. The van der Waals surface area contributed by atoms with Gasteiger partial charge >= 0.3 is 0 Å². The fourth-order valence-corrected chi connectivity index (χ4v) is 6.15. The smallest absolute Gasteiger partial charge is 0.225 e. The first kappa shape index (κ1) is 26.3. The molecule has 2 aliphatic rings. The molecule has 2 fully saturated rings. The fraction of sp³-hybridized carbons (Fsp3) is 0.324. The monoisotopic (exact) mass is 538 g/mol. The third-order valence-electron chi connectivity index (χ3n) is 8.41. The van der Waals surface area contributed by atoms with E-state index in [9.17, 15) is 5.11 Å². The first-order chi connectivity index (χ1) is 19.6. The molecule has 6 heteroatoms. The highest BCUT2D eigenvalue weighted by Gasteiger charge is 2.45. The molecule has 1 saturated carbocycles. The van der Waals surface area contributed by atoms with Gasteiger partial charge in [0.1, 0.15) is 19.0 Å². The number of ether oxygens (including phenoxy) is 2. The van der Waals surface area contributed by atoms with Crippen LogP contribution in [0.3, 0.4) is 0 Å². The number of hydrogen-bond donors (Lipinski definition) is 1. The molecule has 1 aromatic heterocycles. The predicted octanol–water partition coefficient (Wildman–Crippen LogP) is 7.03. The minimum Gasteiger partial charge on any atom is -0.473 e. The van der Waals surface area contributed by atoms with Crippen molar-refractivity contribution in [2.75, 3.05) is 24.6 Å². The molecule has 6 rings (SSSR count). The molecule has 0 atom stereocenters. The lowest BCUT2D eigenvalue weighted by molar-refractivity contribution is -0.00304. The predicted molar refractivity (Wildman–Crippen MR) is 155 cm³/mol. The van der Waals surface area contributed by atoms with E-state index in [1.807, 2.05) is 84.9 Å². The SMILES string of the molecule is OCC1CC2(CCN(c3ccc(-c4ccc(OCc5ccccc5)nc4OCc4ccccc4)cc3F)CC2)C1. The van der Waals surface area contributed by atoms with Crippen LogP contribution in [0.2, 0.25) is 0 Å². The minimum atomic E-state index is -0.242. The van der Waals surface area contributed by atoms with Gasteiger partial charge in [-0.1, -0.05) is 66.7 Å². The molecule has 0 radical (unpaired) electrons. The van der Waals surface area contributed by atoms with Crippen LogP contribution < -0.4 is 14.4 Å². The first-order valence-corrected chi connectivity index (χ1v) is 14.1. The average Bonchev–Trinajstić information content (AvgIpc) is 2.99. The molecule has 3 aromatic carbocycles. The topological polar surface area (TPSA) is 54.8 Å². The van der Waals surface area contributed by atoms with E-state index >= 15 is 4.39 Å². The Hall–Kier alpha value is -3.90. The van der Waals surface area contributed by atoms with Gasteiger partial charge in [0.2, 0.25) is 11.8 Å². The highest BCUT2D eigenvalue weighted by molar-refractivity contribution is 5.71. The van der Waals surface area contributed by atoms with Crippen molar-refractivity contribution in [3.05, 3.63) is 108 Å². The van der Waals surface area contributed by atoms with Gasteiger partial charge in [-0.2, -0.15) is 4.98 Å². The summed E-state index contributed by atoms with van der Waals surface area (Å²) in [5.74, 6) is 1.07. The molecular weight excluding hydrogens is 503 g/mol. The van der Waals surface area contributed by atoms with Gasteiger partial charge in [-0.15, -0.1) is 0 Å². The van der Waals surface area contributed by atoms with E-state index in [0.29, 0.717) is 47.6 Å². The highest BCUT2D eigenvalue weighted by atomic mass is 19.1. The second kappa shape index (κ2) is 11.7. The summed E-state index contributed by atoms with van der Waals surface area (Å²) in [6.45, 7) is 2.71. The summed E-state index contributed by atoms with van der Waals surface area (Å²) in [5, 5.41) is 9.41. The maximum absolute atomic E-state index is 15.5. The number of aromatic nitrogens is 1. The van der Waals surface area contributed by atoms with Gasteiger partial charge in [0, 0.05) is 31.3 Å². The molecule has 5 nitrogen and oxygen atoms in total. The molecule has 1 N–H and O–H groups in total. The van der Waals surface area contributed by atoms with Gasteiger partial charge in [-0.3, -0.25) is 0 Å². The number of piperidine rings is 1. The number of pyridine rings is 1. The third kappa shape index (κ3) is 5.82. The number of anilines is 1. The number of halogens is 1. The average molecular weight is 539 g/mol. The van der Waals surface area contributed by atoms with Crippen molar-refractivity contribution in [3.8, 4) is 22.9 Å². The Labute approximate surface area is 235 Å². The van der Waals surface area contributed by atoms with Crippen LogP contribution in [0.15, 0.2) is 91.0 Å². The van der Waals surface area contributed by atoms with E-state index in [1.54, 1.807) is 6.07 Å². The zero-order chi connectivity index (χ0) is 27.4. The van der Waals surface area contributed by atoms with Crippen LogP contribution in [0.25, 0.3) is 11.1 Å². The normalized spacial score (nSPS) is 16.5. The number of aliphatic hydroxyl groups excluding tert-OH is 1. The van der Waals surface area contributed by atoms with Crippen LogP contribution in [-0.4, -0.2) is 29.8 Å². The van der Waals surface area contributed by atoms with E-state index in [1.165, 1.54) is 0 Å². The summed E-state index contributed by atoms with van der Waals surface area (Å²) in [5.41, 5.74) is 4.49. The molecule has 4 aromatic rings. The maximum atomic E-state index is 15.5. The summed E-state index contributed by atoms with van der Waals surface area (Å²) < 4.78 is 27.7. The van der Waals surface area contributed by atoms with Crippen LogP contribution in [0, 0.1) is 17.2 Å². The number of nitrogens with zero attached hydrogens (tertiary/aromatic N) is 2. The van der Waals surface area contributed by atoms with Gasteiger partial charge in [-0.25, -0.2) is 4.39 Å². The van der Waals surface area contributed by atoms with Crippen molar-refractivity contribution in [3.63, 3.8) is 0 Å². The zero-order valence-corrected chi connectivity index (χ0v) is 22.6. The lowest BCUT2D eigenvalue weighted by Crippen LogP contribution is -2.48. The van der Waals surface area contributed by atoms with Crippen LogP contribution in [0.1, 0.15) is 36.8 Å². The Morgan fingerprint density at radius 3 is 2.10 bits per heavy atom. The van der Waals surface area contributed by atoms with Crippen molar-refractivity contribution >= 4 is 5.69 Å². The van der Waals surface area contributed by atoms with Crippen LogP contribution in [0.4, 0.5) is 10.1 Å². The maximum Gasteiger partial charge on any atom is 0.225 e. The van der Waals surface area contributed by atoms with E-state index in [-0.39, 0.29) is 12.4 Å². The van der Waals surface area contributed by atoms with E-state index in [2.05, 4.69) is 9.88 Å². The lowest BCUT2D eigenvalue weighted by Gasteiger charge is -2.52. The van der Waals surface area contributed by atoms with E-state index in [0.717, 1.165) is 55.5 Å². The molecule has 2 heterocycles. The fourth-order valence-electron chi connectivity index (χ4n) is 6.15. The molecule has 0 bridgehead atoms. The van der Waals surface area contributed by atoms with Gasteiger partial charge in [0.05, 0.1) is 5.69 Å². The number of rotatable bonds is 9. The molecule has 0 amide bonds. The van der Waals surface area contributed by atoms with Gasteiger partial charge in [0.25, 0.3) is 0 Å². The first-order valence-electron chi connectivity index (χ1n) is 14.1. The molecular formula is C34H35FN2O3. The number of benzene rings is 3. The summed E-state index contributed by atoms with van der Waals surface area (Å²) in [6.07, 6.45) is 4.30. The molecule has 1 saturated heterocycles. The molecule has 1 aliphatic heterocycles. The Morgan fingerprint density at radius 1 is 0.825 bits per heavy atom. The second-order valence-corrected chi connectivity index (χ2v) is 11.2. The number of hydrogen-bond acceptors (Lipinski definition) is 5. The Morgan fingerprint density at radius 2 is 1.48 bits per heavy atom. The van der Waals surface area contributed by atoms with Gasteiger partial charge < -0.3 is 19.5 Å². The Kier molecular flexibility index (Phi) is 7.69. The van der Waals surface area contributed by atoms with Crippen LogP contribution in [-0.2, 0) is 13.2 Å². The largest absolute Gasteiger partial charge is 0.473 e. The van der Waals surface area contributed by atoms with Crippen molar-refractivity contribution < 1.29 is 19.0 Å². The van der Waals surface area contributed by atoms with Crippen LogP contribution >= 0.6 is 0 Å². The van der Waals surface area contributed by atoms with Gasteiger partial charge in [0.15, 0.2) is 0 Å². The quantitative estimate of drug-likeness (QED) is 0.248. The zero-order valence-electron chi connectivity index (χ0n) is 22.6.